The van der Waals surface area contributed by atoms with E-state index in [1.54, 1.807) is 10.9 Å². The first kappa shape index (κ1) is 11.1. The molecule has 0 aromatic carbocycles. The highest BCUT2D eigenvalue weighted by Gasteiger charge is 2.21. The molecule has 1 aliphatic carbocycles. The van der Waals surface area contributed by atoms with Gasteiger partial charge in [-0.3, -0.25) is 4.79 Å². The lowest BCUT2D eigenvalue weighted by molar-refractivity contribution is -0.114. The first-order valence-corrected chi connectivity index (χ1v) is 5.52. The van der Waals surface area contributed by atoms with Crippen LogP contribution >= 0.6 is 0 Å². The Balaban J connectivity index is 1.99. The third-order valence-electron chi connectivity index (χ3n) is 2.85. The number of nitrogens with one attached hydrogen (secondary N) is 1. The molecule has 1 aromatic rings. The summed E-state index contributed by atoms with van der Waals surface area (Å²) >= 11 is 0. The molecule has 0 spiro atoms. The molecule has 0 radical (unpaired) electrons. The predicted molar refractivity (Wildman–Crippen MR) is 57.8 cm³/mol. The minimum Gasteiger partial charge on any atom is -0.393 e. The standard InChI is InChI=1S/C10H16N4O2/c1-7(15)11-10-6-14(13-12-10)8-2-4-9(16)5-3-8/h6,8-9,16H,2-5H2,1H3,(H,11,15). The molecule has 2 rings (SSSR count). The van der Waals surface area contributed by atoms with Crippen LogP contribution in [0.1, 0.15) is 38.6 Å². The van der Waals surface area contributed by atoms with Crippen LogP contribution in [-0.4, -0.2) is 32.1 Å². The zero-order chi connectivity index (χ0) is 11.5. The van der Waals surface area contributed by atoms with Crippen molar-refractivity contribution in [3.05, 3.63) is 6.20 Å². The topological polar surface area (TPSA) is 80.0 Å². The molecule has 1 fully saturated rings. The van der Waals surface area contributed by atoms with E-state index in [0.29, 0.717) is 11.9 Å². The van der Waals surface area contributed by atoms with Crippen LogP contribution in [0.5, 0.6) is 0 Å². The molecular formula is C10H16N4O2. The van der Waals surface area contributed by atoms with E-state index >= 15 is 0 Å². The molecule has 0 aliphatic heterocycles. The lowest BCUT2D eigenvalue weighted by Crippen LogP contribution is -2.21. The zero-order valence-corrected chi connectivity index (χ0v) is 9.26. The van der Waals surface area contributed by atoms with Crippen LogP contribution < -0.4 is 5.32 Å². The Morgan fingerprint density at radius 1 is 1.50 bits per heavy atom. The van der Waals surface area contributed by atoms with Gasteiger partial charge in [-0.1, -0.05) is 5.21 Å². The normalized spacial score (nSPS) is 25.4. The van der Waals surface area contributed by atoms with Gasteiger partial charge in [0.25, 0.3) is 0 Å². The van der Waals surface area contributed by atoms with E-state index in [-0.39, 0.29) is 12.0 Å². The number of aliphatic hydroxyl groups excluding tert-OH is 1. The fourth-order valence-electron chi connectivity index (χ4n) is 2.02. The van der Waals surface area contributed by atoms with Crippen LogP contribution in [0.25, 0.3) is 0 Å². The molecule has 1 aromatic heterocycles. The number of carbonyl (C=O) groups excluding carboxylic acids is 1. The minimum atomic E-state index is -0.172. The lowest BCUT2D eigenvalue weighted by Gasteiger charge is -2.24. The summed E-state index contributed by atoms with van der Waals surface area (Å²) in [4.78, 5) is 10.8. The molecule has 2 N–H and O–H groups in total. The summed E-state index contributed by atoms with van der Waals surface area (Å²) in [6.45, 7) is 1.44. The molecule has 0 bridgehead atoms. The Bertz CT molecular complexity index is 369. The molecule has 6 heteroatoms. The first-order valence-electron chi connectivity index (χ1n) is 5.52. The van der Waals surface area contributed by atoms with Crippen molar-refractivity contribution < 1.29 is 9.90 Å². The van der Waals surface area contributed by atoms with Crippen molar-refractivity contribution in [2.75, 3.05) is 5.32 Å². The van der Waals surface area contributed by atoms with E-state index < -0.39 is 0 Å². The number of aromatic nitrogens is 3. The highest BCUT2D eigenvalue weighted by atomic mass is 16.3. The van der Waals surface area contributed by atoms with Crippen LogP contribution in [0, 0.1) is 0 Å². The molecule has 1 amide bonds. The summed E-state index contributed by atoms with van der Waals surface area (Å²) in [6, 6.07) is 0.290. The summed E-state index contributed by atoms with van der Waals surface area (Å²) in [7, 11) is 0. The van der Waals surface area contributed by atoms with Gasteiger partial charge in [0.1, 0.15) is 0 Å². The fraction of sp³-hybridized carbons (Fsp3) is 0.700. The smallest absolute Gasteiger partial charge is 0.222 e. The minimum absolute atomic E-state index is 0.147. The summed E-state index contributed by atoms with van der Waals surface area (Å²) in [5.74, 6) is 0.338. The lowest BCUT2D eigenvalue weighted by atomic mass is 9.93. The van der Waals surface area contributed by atoms with E-state index in [9.17, 15) is 9.90 Å². The Hall–Kier alpha value is -1.43. The summed E-state index contributed by atoms with van der Waals surface area (Å²) in [6.07, 6.45) is 4.99. The fourth-order valence-corrected chi connectivity index (χ4v) is 2.02. The SMILES string of the molecule is CC(=O)Nc1cn(C2CCC(O)CC2)nn1. The summed E-state index contributed by atoms with van der Waals surface area (Å²) in [5, 5.41) is 19.8. The van der Waals surface area contributed by atoms with Gasteiger partial charge in [-0.05, 0) is 25.7 Å². The van der Waals surface area contributed by atoms with E-state index in [4.69, 9.17) is 0 Å². The third-order valence-corrected chi connectivity index (χ3v) is 2.85. The second-order valence-electron chi connectivity index (χ2n) is 4.23. The number of nitrogens with zero attached hydrogens (tertiary/aromatic N) is 3. The molecule has 6 nitrogen and oxygen atoms in total. The van der Waals surface area contributed by atoms with Gasteiger partial charge in [0, 0.05) is 6.92 Å². The van der Waals surface area contributed by atoms with Crippen molar-refractivity contribution in [3.8, 4) is 0 Å². The van der Waals surface area contributed by atoms with Crippen molar-refractivity contribution in [3.63, 3.8) is 0 Å². The Morgan fingerprint density at radius 3 is 2.81 bits per heavy atom. The molecule has 1 aliphatic rings. The molecule has 0 saturated heterocycles. The van der Waals surface area contributed by atoms with Gasteiger partial charge in [0.15, 0.2) is 5.82 Å². The molecule has 16 heavy (non-hydrogen) atoms. The third kappa shape index (κ3) is 2.57. The summed E-state index contributed by atoms with van der Waals surface area (Å²) in [5.41, 5.74) is 0. The average Bonchev–Trinajstić information content (AvgIpc) is 2.66. The monoisotopic (exact) mass is 224 g/mol. The van der Waals surface area contributed by atoms with Crippen molar-refractivity contribution in [1.29, 1.82) is 0 Å². The number of anilines is 1. The maximum atomic E-state index is 10.8. The summed E-state index contributed by atoms with van der Waals surface area (Å²) < 4.78 is 1.77. The van der Waals surface area contributed by atoms with Gasteiger partial charge in [-0.25, -0.2) is 4.68 Å². The molecule has 1 heterocycles. The van der Waals surface area contributed by atoms with E-state index in [1.165, 1.54) is 6.92 Å². The van der Waals surface area contributed by atoms with Crippen molar-refractivity contribution in [2.45, 2.75) is 44.8 Å². The van der Waals surface area contributed by atoms with E-state index in [2.05, 4.69) is 15.6 Å². The van der Waals surface area contributed by atoms with Crippen LogP contribution in [0.15, 0.2) is 6.20 Å². The highest BCUT2D eigenvalue weighted by molar-refractivity contribution is 5.87. The van der Waals surface area contributed by atoms with Gasteiger partial charge in [-0.2, -0.15) is 0 Å². The number of carbonyl (C=O) groups is 1. The molecule has 1 saturated carbocycles. The van der Waals surface area contributed by atoms with Crippen molar-refractivity contribution in [2.24, 2.45) is 0 Å². The maximum Gasteiger partial charge on any atom is 0.222 e. The number of hydrogen-bond acceptors (Lipinski definition) is 4. The second kappa shape index (κ2) is 4.61. The van der Waals surface area contributed by atoms with Crippen molar-refractivity contribution >= 4 is 11.7 Å². The first-order chi connectivity index (χ1) is 7.65. The van der Waals surface area contributed by atoms with Gasteiger partial charge >= 0.3 is 0 Å². The highest BCUT2D eigenvalue weighted by Crippen LogP contribution is 2.27. The van der Waals surface area contributed by atoms with Crippen molar-refractivity contribution in [1.82, 2.24) is 15.0 Å². The van der Waals surface area contributed by atoms with Crippen LogP contribution in [0.2, 0.25) is 0 Å². The predicted octanol–water partition coefficient (Wildman–Crippen LogP) is 0.712. The largest absolute Gasteiger partial charge is 0.393 e. The van der Waals surface area contributed by atoms with Gasteiger partial charge < -0.3 is 10.4 Å². The number of rotatable bonds is 2. The van der Waals surface area contributed by atoms with E-state index in [0.717, 1.165) is 25.7 Å². The average molecular weight is 224 g/mol. The molecule has 88 valence electrons. The van der Waals surface area contributed by atoms with Gasteiger partial charge in [0.2, 0.25) is 5.91 Å². The Kier molecular flexibility index (Phi) is 3.19. The van der Waals surface area contributed by atoms with Gasteiger partial charge in [0.05, 0.1) is 18.3 Å². The van der Waals surface area contributed by atoms with E-state index in [1.807, 2.05) is 0 Å². The molecule has 0 unspecified atom stereocenters. The number of hydrogen-bond donors (Lipinski definition) is 2. The molecule has 0 atom stereocenters. The number of amides is 1. The molecular weight excluding hydrogens is 208 g/mol. The van der Waals surface area contributed by atoms with Crippen LogP contribution in [0.4, 0.5) is 5.82 Å². The van der Waals surface area contributed by atoms with Gasteiger partial charge in [-0.15, -0.1) is 5.10 Å². The zero-order valence-electron chi connectivity index (χ0n) is 9.26. The quantitative estimate of drug-likeness (QED) is 0.775. The Labute approximate surface area is 93.6 Å². The van der Waals surface area contributed by atoms with Crippen LogP contribution in [-0.2, 0) is 4.79 Å². The Morgan fingerprint density at radius 2 is 2.19 bits per heavy atom. The van der Waals surface area contributed by atoms with Crippen LogP contribution in [0.3, 0.4) is 0 Å². The second-order valence-corrected chi connectivity index (χ2v) is 4.23. The number of aliphatic hydroxyl groups is 1. The maximum absolute atomic E-state index is 10.8.